The fourth-order valence-electron chi connectivity index (χ4n) is 3.01. The van der Waals surface area contributed by atoms with E-state index in [4.69, 9.17) is 0 Å². The summed E-state index contributed by atoms with van der Waals surface area (Å²) in [7, 11) is 0. The Kier molecular flexibility index (Phi) is 8.06. The molecule has 1 heterocycles. The third-order valence-corrected chi connectivity index (χ3v) is 4.93. The monoisotopic (exact) mass is 346 g/mol. The molecule has 1 aromatic carbocycles. The Hall–Kier alpha value is -1.75. The lowest BCUT2D eigenvalue weighted by atomic mass is 9.97. The molecule has 1 aromatic rings. The summed E-state index contributed by atoms with van der Waals surface area (Å²) >= 11 is 0. The lowest BCUT2D eigenvalue weighted by molar-refractivity contribution is 0.203. The Balaban J connectivity index is 1.91. The zero-order chi connectivity index (χ0) is 18.1. The van der Waals surface area contributed by atoms with Gasteiger partial charge in [-0.1, -0.05) is 19.1 Å². The molecule has 5 heteroatoms. The molecule has 2 rings (SSSR count). The van der Waals surface area contributed by atoms with Gasteiger partial charge in [0.05, 0.1) is 6.54 Å². The van der Waals surface area contributed by atoms with Crippen molar-refractivity contribution in [2.24, 2.45) is 10.9 Å². The van der Waals surface area contributed by atoms with E-state index in [0.717, 1.165) is 44.9 Å². The molecule has 0 bridgehead atoms. The number of aliphatic hydroxyl groups is 1. The van der Waals surface area contributed by atoms with Gasteiger partial charge in [0, 0.05) is 38.0 Å². The third kappa shape index (κ3) is 6.24. The van der Waals surface area contributed by atoms with Crippen LogP contribution in [0.15, 0.2) is 29.3 Å². The molecule has 1 aliphatic heterocycles. The molecular formula is C20H34N4O. The van der Waals surface area contributed by atoms with Gasteiger partial charge in [0.15, 0.2) is 5.96 Å². The first-order valence-corrected chi connectivity index (χ1v) is 9.65. The second kappa shape index (κ2) is 10.3. The zero-order valence-electron chi connectivity index (χ0n) is 16.0. The fourth-order valence-corrected chi connectivity index (χ4v) is 3.01. The van der Waals surface area contributed by atoms with Gasteiger partial charge in [-0.3, -0.25) is 0 Å². The summed E-state index contributed by atoms with van der Waals surface area (Å²) in [5.41, 5.74) is 2.49. The number of piperidine rings is 1. The van der Waals surface area contributed by atoms with Crippen LogP contribution in [-0.4, -0.2) is 43.3 Å². The second-order valence-electron chi connectivity index (χ2n) is 6.93. The SMILES string of the molecule is CCNC(=NCc1ccc(N2CCC(CO)CC2)cc1)NC(C)CC. The van der Waals surface area contributed by atoms with Crippen LogP contribution in [0.4, 0.5) is 5.69 Å². The molecule has 1 atom stereocenters. The van der Waals surface area contributed by atoms with Crippen LogP contribution in [0.5, 0.6) is 0 Å². The number of nitrogens with zero attached hydrogens (tertiary/aromatic N) is 2. The van der Waals surface area contributed by atoms with E-state index in [9.17, 15) is 5.11 Å². The van der Waals surface area contributed by atoms with Crippen molar-refractivity contribution in [2.75, 3.05) is 31.1 Å². The number of hydrogen-bond acceptors (Lipinski definition) is 3. The van der Waals surface area contributed by atoms with E-state index in [-0.39, 0.29) is 0 Å². The van der Waals surface area contributed by atoms with Crippen molar-refractivity contribution in [3.05, 3.63) is 29.8 Å². The van der Waals surface area contributed by atoms with E-state index in [0.29, 0.717) is 25.1 Å². The number of rotatable bonds is 7. The Bertz CT molecular complexity index is 521. The minimum atomic E-state index is 0.323. The van der Waals surface area contributed by atoms with E-state index < -0.39 is 0 Å². The van der Waals surface area contributed by atoms with Crippen LogP contribution in [0.25, 0.3) is 0 Å². The highest BCUT2D eigenvalue weighted by Gasteiger charge is 2.18. The quantitative estimate of drug-likeness (QED) is 0.525. The predicted octanol–water partition coefficient (Wildman–Crippen LogP) is 2.75. The molecule has 0 radical (unpaired) electrons. The average Bonchev–Trinajstić information content (AvgIpc) is 2.66. The van der Waals surface area contributed by atoms with Gasteiger partial charge in [-0.25, -0.2) is 4.99 Å². The van der Waals surface area contributed by atoms with E-state index >= 15 is 0 Å². The molecule has 1 saturated heterocycles. The number of anilines is 1. The highest BCUT2D eigenvalue weighted by Crippen LogP contribution is 2.23. The van der Waals surface area contributed by atoms with Gasteiger partial charge in [0.25, 0.3) is 0 Å². The summed E-state index contributed by atoms with van der Waals surface area (Å²) < 4.78 is 0. The van der Waals surface area contributed by atoms with Gasteiger partial charge in [-0.15, -0.1) is 0 Å². The molecule has 0 saturated carbocycles. The molecule has 1 fully saturated rings. The molecule has 25 heavy (non-hydrogen) atoms. The van der Waals surface area contributed by atoms with E-state index in [1.54, 1.807) is 0 Å². The third-order valence-electron chi connectivity index (χ3n) is 4.93. The Labute approximate surface area is 152 Å². The molecule has 1 aliphatic rings. The van der Waals surface area contributed by atoms with Crippen LogP contribution >= 0.6 is 0 Å². The number of aliphatic imine (C=N–C) groups is 1. The van der Waals surface area contributed by atoms with Crippen LogP contribution in [0, 0.1) is 5.92 Å². The maximum absolute atomic E-state index is 9.26. The van der Waals surface area contributed by atoms with Gasteiger partial charge in [-0.2, -0.15) is 0 Å². The lowest BCUT2D eigenvalue weighted by Crippen LogP contribution is -2.41. The smallest absolute Gasteiger partial charge is 0.191 e. The molecule has 3 N–H and O–H groups in total. The number of aliphatic hydroxyl groups excluding tert-OH is 1. The van der Waals surface area contributed by atoms with Crippen molar-refractivity contribution in [2.45, 2.75) is 52.6 Å². The number of guanidine groups is 1. The summed E-state index contributed by atoms with van der Waals surface area (Å²) in [5, 5.41) is 16.0. The predicted molar refractivity (Wildman–Crippen MR) is 106 cm³/mol. The Morgan fingerprint density at radius 2 is 1.92 bits per heavy atom. The topological polar surface area (TPSA) is 59.9 Å². The number of hydrogen-bond donors (Lipinski definition) is 3. The van der Waals surface area contributed by atoms with Crippen molar-refractivity contribution >= 4 is 11.6 Å². The van der Waals surface area contributed by atoms with Gasteiger partial charge in [0.1, 0.15) is 0 Å². The van der Waals surface area contributed by atoms with Crippen molar-refractivity contribution < 1.29 is 5.11 Å². The van der Waals surface area contributed by atoms with E-state index in [2.05, 4.69) is 65.6 Å². The van der Waals surface area contributed by atoms with Crippen LogP contribution < -0.4 is 15.5 Å². The summed E-state index contributed by atoms with van der Waals surface area (Å²) in [6, 6.07) is 9.15. The number of nitrogens with one attached hydrogen (secondary N) is 2. The summed E-state index contributed by atoms with van der Waals surface area (Å²) in [4.78, 5) is 7.10. The maximum atomic E-state index is 9.26. The summed E-state index contributed by atoms with van der Waals surface area (Å²) in [6.45, 7) is 10.4. The standard InChI is InChI=1S/C20H34N4O/c1-4-16(3)23-20(21-5-2)22-14-17-6-8-19(9-7-17)24-12-10-18(15-25)11-13-24/h6-9,16,18,25H,4-5,10-15H2,1-3H3,(H2,21,22,23). The van der Waals surface area contributed by atoms with E-state index in [1.807, 2.05) is 0 Å². The molecule has 1 unspecified atom stereocenters. The Morgan fingerprint density at radius 1 is 1.24 bits per heavy atom. The minimum Gasteiger partial charge on any atom is -0.396 e. The van der Waals surface area contributed by atoms with Crippen LogP contribution in [0.1, 0.15) is 45.6 Å². The van der Waals surface area contributed by atoms with Crippen molar-refractivity contribution in [3.63, 3.8) is 0 Å². The molecule has 0 aliphatic carbocycles. The lowest BCUT2D eigenvalue weighted by Gasteiger charge is -2.32. The molecular weight excluding hydrogens is 312 g/mol. The largest absolute Gasteiger partial charge is 0.396 e. The van der Waals surface area contributed by atoms with Crippen LogP contribution in [0.2, 0.25) is 0 Å². The summed E-state index contributed by atoms with van der Waals surface area (Å²) in [5.74, 6) is 1.36. The molecule has 0 aromatic heterocycles. The fraction of sp³-hybridized carbons (Fsp3) is 0.650. The normalized spacial score (nSPS) is 17.4. The molecule has 0 spiro atoms. The van der Waals surface area contributed by atoms with Crippen LogP contribution in [0.3, 0.4) is 0 Å². The first-order valence-electron chi connectivity index (χ1n) is 9.65. The first kappa shape index (κ1) is 19.6. The van der Waals surface area contributed by atoms with Gasteiger partial charge >= 0.3 is 0 Å². The van der Waals surface area contributed by atoms with Gasteiger partial charge in [-0.05, 0) is 56.7 Å². The van der Waals surface area contributed by atoms with Gasteiger partial charge in [0.2, 0.25) is 0 Å². The number of benzene rings is 1. The van der Waals surface area contributed by atoms with Crippen molar-refractivity contribution in [1.29, 1.82) is 0 Å². The molecule has 0 amide bonds. The average molecular weight is 347 g/mol. The van der Waals surface area contributed by atoms with Crippen molar-refractivity contribution in [3.8, 4) is 0 Å². The minimum absolute atomic E-state index is 0.323. The van der Waals surface area contributed by atoms with Gasteiger partial charge < -0.3 is 20.6 Å². The van der Waals surface area contributed by atoms with E-state index in [1.165, 1.54) is 11.3 Å². The highest BCUT2D eigenvalue weighted by molar-refractivity contribution is 5.80. The Morgan fingerprint density at radius 3 is 2.48 bits per heavy atom. The summed E-state index contributed by atoms with van der Waals surface area (Å²) in [6.07, 6.45) is 3.23. The first-order chi connectivity index (χ1) is 12.2. The molecule has 5 nitrogen and oxygen atoms in total. The van der Waals surface area contributed by atoms with Crippen LogP contribution in [-0.2, 0) is 6.54 Å². The molecule has 140 valence electrons. The highest BCUT2D eigenvalue weighted by atomic mass is 16.3. The maximum Gasteiger partial charge on any atom is 0.191 e. The zero-order valence-corrected chi connectivity index (χ0v) is 16.0. The van der Waals surface area contributed by atoms with Crippen molar-refractivity contribution in [1.82, 2.24) is 10.6 Å². The second-order valence-corrected chi connectivity index (χ2v) is 6.93.